The van der Waals surface area contributed by atoms with Crippen molar-refractivity contribution in [3.63, 3.8) is 0 Å². The molecule has 2 rings (SSSR count). The Morgan fingerprint density at radius 1 is 1.50 bits per heavy atom. The number of rotatable bonds is 2. The van der Waals surface area contributed by atoms with Crippen LogP contribution in [0.25, 0.3) is 0 Å². The van der Waals surface area contributed by atoms with Crippen LogP contribution < -0.4 is 5.32 Å². The molecule has 76 valence electrons. The van der Waals surface area contributed by atoms with Crippen molar-refractivity contribution in [1.29, 1.82) is 0 Å². The highest BCUT2D eigenvalue weighted by Crippen LogP contribution is 2.33. The van der Waals surface area contributed by atoms with Crippen LogP contribution in [0, 0.1) is 5.82 Å². The fraction of sp³-hybridized carbons (Fsp3) is 0.500. The van der Waals surface area contributed by atoms with Crippen LogP contribution in [0.1, 0.15) is 31.7 Å². The van der Waals surface area contributed by atoms with Gasteiger partial charge in [-0.25, -0.2) is 4.39 Å². The first-order chi connectivity index (χ1) is 6.77. The van der Waals surface area contributed by atoms with Gasteiger partial charge in [0.05, 0.1) is 0 Å². The van der Waals surface area contributed by atoms with Crippen molar-refractivity contribution < 1.29 is 4.39 Å². The number of benzene rings is 1. The summed E-state index contributed by atoms with van der Waals surface area (Å²) in [7, 11) is 0. The molecule has 1 aromatic carbocycles. The Kier molecular flexibility index (Phi) is 2.55. The van der Waals surface area contributed by atoms with E-state index in [1.807, 2.05) is 6.07 Å². The minimum absolute atomic E-state index is 0.0299. The summed E-state index contributed by atoms with van der Waals surface area (Å²) < 4.78 is 13.1. The van der Waals surface area contributed by atoms with Crippen molar-refractivity contribution in [2.75, 3.05) is 6.54 Å². The first-order valence-electron chi connectivity index (χ1n) is 5.28. The molecule has 0 radical (unpaired) electrons. The summed E-state index contributed by atoms with van der Waals surface area (Å²) >= 11 is 0. The van der Waals surface area contributed by atoms with Crippen molar-refractivity contribution >= 4 is 0 Å². The van der Waals surface area contributed by atoms with Crippen LogP contribution >= 0.6 is 0 Å². The largest absolute Gasteiger partial charge is 0.307 e. The molecule has 0 aliphatic carbocycles. The first-order valence-corrected chi connectivity index (χ1v) is 5.28. The molecule has 0 aromatic heterocycles. The van der Waals surface area contributed by atoms with Crippen molar-refractivity contribution in [3.05, 3.63) is 35.6 Å². The Hall–Kier alpha value is -0.890. The third kappa shape index (κ3) is 1.55. The van der Waals surface area contributed by atoms with E-state index in [0.717, 1.165) is 24.9 Å². The predicted molar refractivity (Wildman–Crippen MR) is 55.6 cm³/mol. The van der Waals surface area contributed by atoms with E-state index in [4.69, 9.17) is 0 Å². The minimum Gasteiger partial charge on any atom is -0.307 e. The van der Waals surface area contributed by atoms with Gasteiger partial charge in [-0.2, -0.15) is 0 Å². The average Bonchev–Trinajstić information content (AvgIpc) is 2.67. The van der Waals surface area contributed by atoms with Gasteiger partial charge < -0.3 is 5.32 Å². The molecule has 1 aromatic rings. The molecule has 1 aliphatic rings. The zero-order valence-electron chi connectivity index (χ0n) is 8.52. The highest BCUT2D eigenvalue weighted by atomic mass is 19.1. The van der Waals surface area contributed by atoms with Crippen molar-refractivity contribution in [2.45, 2.75) is 31.7 Å². The zero-order valence-corrected chi connectivity index (χ0v) is 8.52. The van der Waals surface area contributed by atoms with Crippen LogP contribution in [0.5, 0.6) is 0 Å². The van der Waals surface area contributed by atoms with E-state index in [1.165, 1.54) is 12.5 Å². The van der Waals surface area contributed by atoms with E-state index in [-0.39, 0.29) is 11.4 Å². The molecule has 14 heavy (non-hydrogen) atoms. The van der Waals surface area contributed by atoms with Crippen LogP contribution in [-0.2, 0) is 5.54 Å². The first kappa shape index (κ1) is 9.66. The molecule has 1 aliphatic heterocycles. The summed E-state index contributed by atoms with van der Waals surface area (Å²) in [5, 5.41) is 3.50. The molecule has 0 amide bonds. The fourth-order valence-corrected chi connectivity index (χ4v) is 2.34. The molecular weight excluding hydrogens is 177 g/mol. The molecule has 2 heteroatoms. The van der Waals surface area contributed by atoms with Crippen LogP contribution in [0.15, 0.2) is 24.3 Å². The molecule has 1 fully saturated rings. The predicted octanol–water partition coefficient (Wildman–Crippen LogP) is 2.81. The lowest BCUT2D eigenvalue weighted by atomic mass is 9.86. The minimum atomic E-state index is -0.135. The molecule has 0 bridgehead atoms. The normalized spacial score (nSPS) is 26.7. The van der Waals surface area contributed by atoms with Gasteiger partial charge in [0.15, 0.2) is 0 Å². The van der Waals surface area contributed by atoms with Crippen molar-refractivity contribution in [3.8, 4) is 0 Å². The van der Waals surface area contributed by atoms with E-state index in [0.29, 0.717) is 0 Å². The highest BCUT2D eigenvalue weighted by molar-refractivity contribution is 5.26. The van der Waals surface area contributed by atoms with Gasteiger partial charge in [-0.1, -0.05) is 19.1 Å². The van der Waals surface area contributed by atoms with Gasteiger partial charge in [-0.15, -0.1) is 0 Å². The van der Waals surface area contributed by atoms with Gasteiger partial charge in [-0.3, -0.25) is 0 Å². The maximum atomic E-state index is 13.1. The van der Waals surface area contributed by atoms with Crippen molar-refractivity contribution in [2.24, 2.45) is 0 Å². The van der Waals surface area contributed by atoms with Gasteiger partial charge in [-0.05, 0) is 43.5 Å². The Morgan fingerprint density at radius 3 is 2.93 bits per heavy atom. The van der Waals surface area contributed by atoms with Gasteiger partial charge in [0.1, 0.15) is 5.82 Å². The van der Waals surface area contributed by atoms with Crippen LogP contribution in [0.3, 0.4) is 0 Å². The smallest absolute Gasteiger partial charge is 0.123 e. The number of halogens is 1. The van der Waals surface area contributed by atoms with Crippen LogP contribution in [-0.4, -0.2) is 6.54 Å². The summed E-state index contributed by atoms with van der Waals surface area (Å²) in [6.07, 6.45) is 3.33. The molecule has 0 saturated carbocycles. The lowest BCUT2D eigenvalue weighted by Gasteiger charge is -2.28. The maximum absolute atomic E-state index is 13.1. The second-order valence-corrected chi connectivity index (χ2v) is 3.98. The van der Waals surface area contributed by atoms with E-state index in [2.05, 4.69) is 12.2 Å². The Labute approximate surface area is 84.3 Å². The fourth-order valence-electron chi connectivity index (χ4n) is 2.34. The monoisotopic (exact) mass is 193 g/mol. The van der Waals surface area contributed by atoms with Crippen LogP contribution in [0.4, 0.5) is 4.39 Å². The van der Waals surface area contributed by atoms with Gasteiger partial charge in [0.2, 0.25) is 0 Å². The summed E-state index contributed by atoms with van der Waals surface area (Å²) in [6, 6.07) is 6.97. The molecular formula is C12H16FN. The maximum Gasteiger partial charge on any atom is 0.123 e. The molecule has 1 saturated heterocycles. The molecule has 1 heterocycles. The lowest BCUT2D eigenvalue weighted by molar-refractivity contribution is 0.374. The Bertz CT molecular complexity index is 316. The quantitative estimate of drug-likeness (QED) is 0.761. The number of hydrogen-bond donors (Lipinski definition) is 1. The Balaban J connectivity index is 2.35. The third-order valence-corrected chi connectivity index (χ3v) is 3.22. The van der Waals surface area contributed by atoms with E-state index >= 15 is 0 Å². The number of hydrogen-bond acceptors (Lipinski definition) is 1. The third-order valence-electron chi connectivity index (χ3n) is 3.22. The summed E-state index contributed by atoms with van der Waals surface area (Å²) in [5.74, 6) is -0.135. The van der Waals surface area contributed by atoms with Gasteiger partial charge in [0.25, 0.3) is 0 Å². The zero-order chi connectivity index (χ0) is 10.0. The summed E-state index contributed by atoms with van der Waals surface area (Å²) in [6.45, 7) is 3.20. The Morgan fingerprint density at radius 2 is 2.36 bits per heavy atom. The number of nitrogens with one attached hydrogen (secondary N) is 1. The topological polar surface area (TPSA) is 12.0 Å². The molecule has 1 atom stereocenters. The second kappa shape index (κ2) is 3.70. The molecule has 1 nitrogen and oxygen atoms in total. The standard InChI is InChI=1S/C12H16FN/c1-2-12(7-4-8-14-12)10-5-3-6-11(13)9-10/h3,5-6,9,14H,2,4,7-8H2,1H3. The van der Waals surface area contributed by atoms with Crippen LogP contribution in [0.2, 0.25) is 0 Å². The van der Waals surface area contributed by atoms with E-state index < -0.39 is 0 Å². The summed E-state index contributed by atoms with van der Waals surface area (Å²) in [4.78, 5) is 0. The van der Waals surface area contributed by atoms with Crippen molar-refractivity contribution in [1.82, 2.24) is 5.32 Å². The summed E-state index contributed by atoms with van der Waals surface area (Å²) in [5.41, 5.74) is 1.12. The second-order valence-electron chi connectivity index (χ2n) is 3.98. The average molecular weight is 193 g/mol. The van der Waals surface area contributed by atoms with Gasteiger partial charge in [0, 0.05) is 5.54 Å². The molecule has 1 unspecified atom stereocenters. The van der Waals surface area contributed by atoms with E-state index in [9.17, 15) is 4.39 Å². The molecule has 0 spiro atoms. The van der Waals surface area contributed by atoms with Gasteiger partial charge >= 0.3 is 0 Å². The lowest BCUT2D eigenvalue weighted by Crippen LogP contribution is -2.35. The highest BCUT2D eigenvalue weighted by Gasteiger charge is 2.33. The van der Waals surface area contributed by atoms with E-state index in [1.54, 1.807) is 12.1 Å². The SMILES string of the molecule is CCC1(c2cccc(F)c2)CCCN1. The molecule has 1 N–H and O–H groups in total.